The van der Waals surface area contributed by atoms with Crippen molar-refractivity contribution in [1.29, 1.82) is 0 Å². The van der Waals surface area contributed by atoms with Crippen molar-refractivity contribution >= 4 is 23.4 Å². The van der Waals surface area contributed by atoms with Crippen LogP contribution in [0.25, 0.3) is 11.4 Å². The van der Waals surface area contributed by atoms with Crippen molar-refractivity contribution in [3.8, 4) is 11.4 Å². The van der Waals surface area contributed by atoms with E-state index in [-0.39, 0.29) is 16.9 Å². The zero-order chi connectivity index (χ0) is 23.5. The lowest BCUT2D eigenvalue weighted by Gasteiger charge is -2.19. The van der Waals surface area contributed by atoms with E-state index in [1.165, 1.54) is 23.8 Å². The Bertz CT molecular complexity index is 1090. The Kier molecular flexibility index (Phi) is 6.97. The van der Waals surface area contributed by atoms with Gasteiger partial charge in [0.15, 0.2) is 11.0 Å². The number of rotatable bonds is 6. The number of hydrogen-bond donors (Lipinski definition) is 1. The molecule has 170 valence electrons. The fourth-order valence-corrected chi connectivity index (χ4v) is 3.97. The average molecular weight is 463 g/mol. The Hall–Kier alpha value is -2.81. The highest BCUT2D eigenvalue weighted by Gasteiger charge is 2.33. The first kappa shape index (κ1) is 23.8. The van der Waals surface area contributed by atoms with Gasteiger partial charge in [0, 0.05) is 12.1 Å². The molecular weight excluding hydrogens is 437 g/mol. The second-order valence-corrected chi connectivity index (χ2v) is 9.20. The van der Waals surface area contributed by atoms with Gasteiger partial charge in [0.1, 0.15) is 0 Å². The molecule has 1 N–H and O–H groups in total. The van der Waals surface area contributed by atoms with Gasteiger partial charge in [0.2, 0.25) is 5.91 Å². The highest BCUT2D eigenvalue weighted by atomic mass is 32.2. The minimum Gasteiger partial charge on any atom is -0.325 e. The molecule has 32 heavy (non-hydrogen) atoms. The van der Waals surface area contributed by atoms with Crippen LogP contribution in [0.1, 0.15) is 38.8 Å². The van der Waals surface area contributed by atoms with E-state index in [9.17, 15) is 18.0 Å². The molecule has 0 spiro atoms. The Morgan fingerprint density at radius 2 is 1.69 bits per heavy atom. The highest BCUT2D eigenvalue weighted by Crippen LogP contribution is 2.34. The summed E-state index contributed by atoms with van der Waals surface area (Å²) >= 11 is 1.13. The van der Waals surface area contributed by atoms with Gasteiger partial charge in [0.05, 0.1) is 17.0 Å². The average Bonchev–Trinajstić information content (AvgIpc) is 3.14. The van der Waals surface area contributed by atoms with Crippen LogP contribution in [0.5, 0.6) is 0 Å². The Morgan fingerprint density at radius 1 is 1.03 bits per heavy atom. The maximum absolute atomic E-state index is 13.1. The van der Waals surface area contributed by atoms with Crippen molar-refractivity contribution in [3.05, 3.63) is 59.7 Å². The van der Waals surface area contributed by atoms with Crippen LogP contribution >= 0.6 is 11.8 Å². The molecule has 3 rings (SSSR count). The predicted octanol–water partition coefficient (Wildman–Crippen LogP) is 6.01. The number of thioether (sulfide) groups is 1. The van der Waals surface area contributed by atoms with Crippen LogP contribution in [-0.2, 0) is 22.9 Å². The summed E-state index contributed by atoms with van der Waals surface area (Å²) in [6.07, 6.45) is -4.54. The molecule has 0 atom stereocenters. The van der Waals surface area contributed by atoms with E-state index in [4.69, 9.17) is 0 Å². The second kappa shape index (κ2) is 9.36. The van der Waals surface area contributed by atoms with Gasteiger partial charge in [-0.3, -0.25) is 4.79 Å². The monoisotopic (exact) mass is 462 g/mol. The number of halogens is 3. The van der Waals surface area contributed by atoms with Crippen LogP contribution < -0.4 is 5.32 Å². The standard InChI is InChI=1S/C23H25F3N4OS/c1-5-30-20(15-10-12-16(13-11-15)22(2,3)4)28-29-21(30)32-14-19(31)27-18-9-7-6-8-17(18)23(24,25)26/h6-13H,5,14H2,1-4H3,(H,27,31). The molecule has 0 aliphatic carbocycles. The topological polar surface area (TPSA) is 59.8 Å². The lowest BCUT2D eigenvalue weighted by atomic mass is 9.87. The number of alkyl halides is 3. The summed E-state index contributed by atoms with van der Waals surface area (Å²) in [6.45, 7) is 8.96. The summed E-state index contributed by atoms with van der Waals surface area (Å²) in [6, 6.07) is 13.0. The molecule has 1 heterocycles. The highest BCUT2D eigenvalue weighted by molar-refractivity contribution is 7.99. The molecular formula is C23H25F3N4OS. The van der Waals surface area contributed by atoms with E-state index in [0.717, 1.165) is 23.4 Å². The van der Waals surface area contributed by atoms with Gasteiger partial charge in [-0.15, -0.1) is 10.2 Å². The number of aromatic nitrogens is 3. The van der Waals surface area contributed by atoms with E-state index in [1.807, 2.05) is 23.6 Å². The maximum atomic E-state index is 13.1. The van der Waals surface area contributed by atoms with Crippen molar-refractivity contribution in [2.24, 2.45) is 0 Å². The van der Waals surface area contributed by atoms with Gasteiger partial charge in [-0.05, 0) is 30.0 Å². The van der Waals surface area contributed by atoms with Crippen LogP contribution in [0.15, 0.2) is 53.7 Å². The maximum Gasteiger partial charge on any atom is 0.418 e. The molecule has 2 aromatic carbocycles. The van der Waals surface area contributed by atoms with Gasteiger partial charge in [0.25, 0.3) is 0 Å². The zero-order valence-corrected chi connectivity index (χ0v) is 19.1. The molecule has 5 nitrogen and oxygen atoms in total. The SMILES string of the molecule is CCn1c(SCC(=O)Nc2ccccc2C(F)(F)F)nnc1-c1ccc(C(C)(C)C)cc1. The van der Waals surface area contributed by atoms with E-state index >= 15 is 0 Å². The Morgan fingerprint density at radius 3 is 2.28 bits per heavy atom. The lowest BCUT2D eigenvalue weighted by Crippen LogP contribution is -2.18. The number of anilines is 1. The molecule has 0 radical (unpaired) electrons. The number of carbonyl (C=O) groups excluding carboxylic acids is 1. The summed E-state index contributed by atoms with van der Waals surface area (Å²) in [5.74, 6) is 0.0412. The van der Waals surface area contributed by atoms with Gasteiger partial charge >= 0.3 is 6.18 Å². The summed E-state index contributed by atoms with van der Waals surface area (Å²) < 4.78 is 41.3. The first-order valence-electron chi connectivity index (χ1n) is 10.1. The number of nitrogens with zero attached hydrogens (tertiary/aromatic N) is 3. The number of benzene rings is 2. The van der Waals surface area contributed by atoms with Gasteiger partial charge in [-0.25, -0.2) is 0 Å². The summed E-state index contributed by atoms with van der Waals surface area (Å²) in [4.78, 5) is 12.3. The zero-order valence-electron chi connectivity index (χ0n) is 18.3. The quantitative estimate of drug-likeness (QED) is 0.456. The van der Waals surface area contributed by atoms with Gasteiger partial charge in [-0.2, -0.15) is 13.2 Å². The van der Waals surface area contributed by atoms with E-state index < -0.39 is 17.6 Å². The summed E-state index contributed by atoms with van der Waals surface area (Å²) in [5, 5.41) is 11.3. The summed E-state index contributed by atoms with van der Waals surface area (Å²) in [5.41, 5.74) is 1.01. The number of carbonyl (C=O) groups is 1. The van der Waals surface area contributed by atoms with Crippen molar-refractivity contribution in [3.63, 3.8) is 0 Å². The third-order valence-corrected chi connectivity index (χ3v) is 5.85. The third kappa shape index (κ3) is 5.51. The normalized spacial score (nSPS) is 12.1. The molecule has 0 bridgehead atoms. The van der Waals surface area contributed by atoms with Crippen LogP contribution in [0.2, 0.25) is 0 Å². The smallest absolute Gasteiger partial charge is 0.325 e. The van der Waals surface area contributed by atoms with Crippen LogP contribution in [0.3, 0.4) is 0 Å². The van der Waals surface area contributed by atoms with Crippen molar-refractivity contribution in [2.45, 2.75) is 51.0 Å². The largest absolute Gasteiger partial charge is 0.418 e. The molecule has 9 heteroatoms. The Labute approximate surface area is 189 Å². The minimum atomic E-state index is -4.54. The van der Waals surface area contributed by atoms with Gasteiger partial charge < -0.3 is 9.88 Å². The molecule has 0 saturated heterocycles. The fourth-order valence-electron chi connectivity index (χ4n) is 3.17. The fraction of sp³-hybridized carbons (Fsp3) is 0.348. The third-order valence-electron chi connectivity index (χ3n) is 4.88. The van der Waals surface area contributed by atoms with Crippen LogP contribution in [-0.4, -0.2) is 26.4 Å². The molecule has 1 amide bonds. The predicted molar refractivity (Wildman–Crippen MR) is 121 cm³/mol. The molecule has 0 aliphatic rings. The van der Waals surface area contributed by atoms with E-state index in [2.05, 4.69) is 48.4 Å². The second-order valence-electron chi connectivity index (χ2n) is 8.26. The summed E-state index contributed by atoms with van der Waals surface area (Å²) in [7, 11) is 0. The first-order chi connectivity index (χ1) is 15.0. The number of nitrogens with one attached hydrogen (secondary N) is 1. The molecule has 3 aromatic rings. The van der Waals surface area contributed by atoms with E-state index in [1.54, 1.807) is 0 Å². The molecule has 0 unspecified atom stereocenters. The lowest BCUT2D eigenvalue weighted by molar-refractivity contribution is -0.137. The molecule has 0 aliphatic heterocycles. The number of hydrogen-bond acceptors (Lipinski definition) is 4. The molecule has 0 saturated carbocycles. The van der Waals surface area contributed by atoms with Crippen LogP contribution in [0, 0.1) is 0 Å². The van der Waals surface area contributed by atoms with Crippen molar-refractivity contribution < 1.29 is 18.0 Å². The number of para-hydroxylation sites is 1. The van der Waals surface area contributed by atoms with E-state index in [0.29, 0.717) is 17.5 Å². The molecule has 1 aromatic heterocycles. The van der Waals surface area contributed by atoms with Crippen LogP contribution in [0.4, 0.5) is 18.9 Å². The minimum absolute atomic E-state index is 0.0378. The first-order valence-corrected chi connectivity index (χ1v) is 11.1. The van der Waals surface area contributed by atoms with Crippen molar-refractivity contribution in [1.82, 2.24) is 14.8 Å². The Balaban J connectivity index is 1.72. The van der Waals surface area contributed by atoms with Crippen molar-refractivity contribution in [2.75, 3.05) is 11.1 Å². The number of amides is 1. The van der Waals surface area contributed by atoms with Gasteiger partial charge in [-0.1, -0.05) is 68.9 Å². The molecule has 0 fully saturated rings.